The highest BCUT2D eigenvalue weighted by Crippen LogP contribution is 2.30. The topological polar surface area (TPSA) is 97.2 Å². The molecule has 0 spiro atoms. The SMILES string of the molecule is CCCC(NC(=O)N1CCCc2c1cnn2-c1ccc(Cl)cc1)c1ccnc(S(C)(=O)=O)c1. The van der Waals surface area contributed by atoms with Crippen LogP contribution in [0.25, 0.3) is 5.69 Å². The maximum atomic E-state index is 13.3. The molecule has 1 atom stereocenters. The molecular weight excluding hydrogens is 462 g/mol. The van der Waals surface area contributed by atoms with E-state index < -0.39 is 9.84 Å². The maximum Gasteiger partial charge on any atom is 0.322 e. The molecule has 0 saturated carbocycles. The second-order valence-electron chi connectivity index (χ2n) is 8.11. The highest BCUT2D eigenvalue weighted by Gasteiger charge is 2.28. The van der Waals surface area contributed by atoms with Crippen LogP contribution in [0.3, 0.4) is 0 Å². The largest absolute Gasteiger partial charge is 0.331 e. The van der Waals surface area contributed by atoms with Gasteiger partial charge in [-0.1, -0.05) is 24.9 Å². The number of hydrogen-bond donors (Lipinski definition) is 1. The third-order valence-electron chi connectivity index (χ3n) is 5.67. The van der Waals surface area contributed by atoms with Crippen molar-refractivity contribution in [2.45, 2.75) is 43.7 Å². The summed E-state index contributed by atoms with van der Waals surface area (Å²) in [6.45, 7) is 2.60. The zero-order valence-electron chi connectivity index (χ0n) is 18.5. The van der Waals surface area contributed by atoms with Crippen LogP contribution in [-0.2, 0) is 16.3 Å². The number of aromatic nitrogens is 3. The lowest BCUT2D eigenvalue weighted by molar-refractivity contribution is 0.241. The van der Waals surface area contributed by atoms with Crippen molar-refractivity contribution in [2.75, 3.05) is 17.7 Å². The monoisotopic (exact) mass is 487 g/mol. The lowest BCUT2D eigenvalue weighted by Gasteiger charge is -2.29. The molecule has 0 radical (unpaired) electrons. The minimum absolute atomic E-state index is 0.000137. The number of sulfone groups is 1. The van der Waals surface area contributed by atoms with Crippen molar-refractivity contribution in [3.63, 3.8) is 0 Å². The van der Waals surface area contributed by atoms with Crippen LogP contribution in [-0.4, -0.2) is 42.0 Å². The normalized spacial score (nSPS) is 14.6. The van der Waals surface area contributed by atoms with E-state index in [9.17, 15) is 13.2 Å². The standard InChI is InChI=1S/C23H26ClN5O3S/c1-3-5-19(16-11-12-25-22(14-16)33(2,31)32)27-23(30)28-13-4-6-20-21(28)15-26-29(20)18-9-7-17(24)8-10-18/h7-12,14-15,19H,3-6,13H2,1-2H3,(H,27,30). The molecule has 0 aliphatic carbocycles. The lowest BCUT2D eigenvalue weighted by atomic mass is 10.0. The van der Waals surface area contributed by atoms with Crippen LogP contribution < -0.4 is 10.2 Å². The Labute approximate surface area is 198 Å². The van der Waals surface area contributed by atoms with E-state index in [1.54, 1.807) is 17.2 Å². The van der Waals surface area contributed by atoms with Crippen LogP contribution >= 0.6 is 11.6 Å². The van der Waals surface area contributed by atoms with Gasteiger partial charge in [-0.2, -0.15) is 5.10 Å². The Kier molecular flexibility index (Phi) is 6.71. The molecule has 0 saturated heterocycles. The van der Waals surface area contributed by atoms with Gasteiger partial charge in [-0.05, 0) is 61.2 Å². The van der Waals surface area contributed by atoms with Crippen molar-refractivity contribution >= 4 is 33.2 Å². The molecule has 1 aliphatic rings. The molecule has 2 aromatic heterocycles. The molecule has 0 fully saturated rings. The average molecular weight is 488 g/mol. The summed E-state index contributed by atoms with van der Waals surface area (Å²) in [4.78, 5) is 19.0. The Morgan fingerprint density at radius 1 is 1.24 bits per heavy atom. The highest BCUT2D eigenvalue weighted by atomic mass is 35.5. The third kappa shape index (κ3) is 5.04. The summed E-state index contributed by atoms with van der Waals surface area (Å²) in [7, 11) is -3.44. The number of hydrogen-bond acceptors (Lipinski definition) is 5. The summed E-state index contributed by atoms with van der Waals surface area (Å²) in [6.07, 6.45) is 7.42. The molecule has 2 amide bonds. The van der Waals surface area contributed by atoms with E-state index in [4.69, 9.17) is 11.6 Å². The molecule has 8 nitrogen and oxygen atoms in total. The summed E-state index contributed by atoms with van der Waals surface area (Å²) < 4.78 is 25.7. The number of carbonyl (C=O) groups excluding carboxylic acids is 1. The molecule has 1 N–H and O–H groups in total. The first-order valence-corrected chi connectivity index (χ1v) is 13.1. The molecule has 33 heavy (non-hydrogen) atoms. The minimum atomic E-state index is -3.44. The van der Waals surface area contributed by atoms with Gasteiger partial charge in [-0.3, -0.25) is 4.90 Å². The average Bonchev–Trinajstić information content (AvgIpc) is 3.23. The van der Waals surface area contributed by atoms with Gasteiger partial charge in [0.2, 0.25) is 0 Å². The van der Waals surface area contributed by atoms with Crippen molar-refractivity contribution in [1.82, 2.24) is 20.1 Å². The minimum Gasteiger partial charge on any atom is -0.331 e. The molecule has 1 aliphatic heterocycles. The van der Waals surface area contributed by atoms with Crippen molar-refractivity contribution in [3.05, 3.63) is 65.1 Å². The second-order valence-corrected chi connectivity index (χ2v) is 10.5. The third-order valence-corrected chi connectivity index (χ3v) is 6.90. The maximum absolute atomic E-state index is 13.3. The van der Waals surface area contributed by atoms with E-state index in [1.165, 1.54) is 12.3 Å². The number of carbonyl (C=O) groups is 1. The fourth-order valence-electron chi connectivity index (χ4n) is 4.05. The number of halogens is 1. The predicted molar refractivity (Wildman–Crippen MR) is 128 cm³/mol. The van der Waals surface area contributed by atoms with E-state index in [-0.39, 0.29) is 17.1 Å². The Bertz CT molecular complexity index is 1260. The predicted octanol–water partition coefficient (Wildman–Crippen LogP) is 4.33. The number of amides is 2. The fourth-order valence-corrected chi connectivity index (χ4v) is 4.78. The molecule has 3 aromatic rings. The van der Waals surface area contributed by atoms with E-state index in [0.717, 1.165) is 48.2 Å². The first-order valence-electron chi connectivity index (χ1n) is 10.8. The van der Waals surface area contributed by atoms with Gasteiger partial charge in [0, 0.05) is 24.0 Å². The van der Waals surface area contributed by atoms with E-state index in [0.29, 0.717) is 18.0 Å². The molecular formula is C23H26ClN5O3S. The molecule has 0 bridgehead atoms. The van der Waals surface area contributed by atoms with Gasteiger partial charge >= 0.3 is 6.03 Å². The number of fused-ring (bicyclic) bond motifs is 1. The van der Waals surface area contributed by atoms with Gasteiger partial charge < -0.3 is 5.32 Å². The van der Waals surface area contributed by atoms with Gasteiger partial charge in [0.15, 0.2) is 14.9 Å². The molecule has 1 aromatic carbocycles. The van der Waals surface area contributed by atoms with Crippen LogP contribution in [0.15, 0.2) is 53.8 Å². The van der Waals surface area contributed by atoms with Gasteiger partial charge in [-0.15, -0.1) is 0 Å². The van der Waals surface area contributed by atoms with E-state index in [2.05, 4.69) is 15.4 Å². The summed E-state index contributed by atoms with van der Waals surface area (Å²) >= 11 is 6.01. The summed E-state index contributed by atoms with van der Waals surface area (Å²) in [5.74, 6) is 0. The van der Waals surface area contributed by atoms with Crippen LogP contribution in [0.5, 0.6) is 0 Å². The fraction of sp³-hybridized carbons (Fsp3) is 0.348. The van der Waals surface area contributed by atoms with Crippen molar-refractivity contribution < 1.29 is 13.2 Å². The van der Waals surface area contributed by atoms with Crippen LogP contribution in [0.4, 0.5) is 10.5 Å². The number of benzene rings is 1. The lowest BCUT2D eigenvalue weighted by Crippen LogP contribution is -2.44. The first kappa shape index (κ1) is 23.3. The molecule has 10 heteroatoms. The molecule has 1 unspecified atom stereocenters. The molecule has 174 valence electrons. The van der Waals surface area contributed by atoms with Gasteiger partial charge in [0.1, 0.15) is 0 Å². The number of anilines is 1. The Balaban J connectivity index is 1.59. The van der Waals surface area contributed by atoms with Crippen molar-refractivity contribution in [3.8, 4) is 5.69 Å². The van der Waals surface area contributed by atoms with Gasteiger partial charge in [0.25, 0.3) is 0 Å². The Hall–Kier alpha value is -2.91. The Morgan fingerprint density at radius 3 is 2.70 bits per heavy atom. The van der Waals surface area contributed by atoms with Crippen LogP contribution in [0.1, 0.15) is 43.5 Å². The van der Waals surface area contributed by atoms with E-state index in [1.807, 2.05) is 35.9 Å². The smallest absolute Gasteiger partial charge is 0.322 e. The van der Waals surface area contributed by atoms with Crippen molar-refractivity contribution in [1.29, 1.82) is 0 Å². The van der Waals surface area contributed by atoms with Crippen molar-refractivity contribution in [2.24, 2.45) is 0 Å². The summed E-state index contributed by atoms with van der Waals surface area (Å²) in [5.41, 5.74) is 3.34. The number of nitrogens with zero attached hydrogens (tertiary/aromatic N) is 4. The number of urea groups is 1. The first-order chi connectivity index (χ1) is 15.8. The zero-order valence-corrected chi connectivity index (χ0v) is 20.1. The number of pyridine rings is 1. The zero-order chi connectivity index (χ0) is 23.6. The van der Waals surface area contributed by atoms with Gasteiger partial charge in [0.05, 0.1) is 29.3 Å². The second kappa shape index (κ2) is 9.52. The summed E-state index contributed by atoms with van der Waals surface area (Å²) in [6, 6.07) is 10.1. The van der Waals surface area contributed by atoms with Gasteiger partial charge in [-0.25, -0.2) is 22.9 Å². The van der Waals surface area contributed by atoms with E-state index >= 15 is 0 Å². The molecule has 4 rings (SSSR count). The Morgan fingerprint density at radius 2 is 2.00 bits per heavy atom. The molecule has 3 heterocycles. The number of nitrogens with one attached hydrogen (secondary N) is 1. The van der Waals surface area contributed by atoms with Crippen LogP contribution in [0.2, 0.25) is 5.02 Å². The highest BCUT2D eigenvalue weighted by molar-refractivity contribution is 7.90. The summed E-state index contributed by atoms with van der Waals surface area (Å²) in [5, 5.41) is 8.26. The number of rotatable bonds is 6. The quantitative estimate of drug-likeness (QED) is 0.558. The van der Waals surface area contributed by atoms with Crippen LogP contribution in [0, 0.1) is 0 Å².